The Morgan fingerprint density at radius 2 is 1.70 bits per heavy atom. The zero-order chi connectivity index (χ0) is 21.6. The molecule has 2 aromatic rings. The average molecular weight is 448 g/mol. The molecule has 0 aromatic heterocycles. The third kappa shape index (κ3) is 3.19. The Bertz CT molecular complexity index is 1190. The number of carbonyl (C=O) groups is 3. The molecule has 8 nitrogen and oxygen atoms in total. The van der Waals surface area contributed by atoms with Crippen LogP contribution in [0.2, 0.25) is 5.02 Å². The van der Waals surface area contributed by atoms with Crippen molar-refractivity contribution in [3.8, 4) is 0 Å². The van der Waals surface area contributed by atoms with E-state index in [4.69, 9.17) is 17.3 Å². The highest BCUT2D eigenvalue weighted by atomic mass is 35.5. The molecule has 1 fully saturated rings. The van der Waals surface area contributed by atoms with Crippen molar-refractivity contribution in [2.75, 3.05) is 18.8 Å². The lowest BCUT2D eigenvalue weighted by molar-refractivity contribution is 0.0566. The molecule has 0 radical (unpaired) electrons. The highest BCUT2D eigenvalue weighted by molar-refractivity contribution is 7.89. The van der Waals surface area contributed by atoms with Crippen molar-refractivity contribution in [3.05, 3.63) is 58.1 Å². The number of amides is 3. The Morgan fingerprint density at radius 1 is 1.00 bits per heavy atom. The van der Waals surface area contributed by atoms with Crippen LogP contribution in [0.3, 0.4) is 0 Å². The van der Waals surface area contributed by atoms with Gasteiger partial charge in [0.25, 0.3) is 17.7 Å². The lowest BCUT2D eigenvalue weighted by Crippen LogP contribution is -2.37. The molecule has 10 heteroatoms. The predicted molar refractivity (Wildman–Crippen MR) is 110 cm³/mol. The Balaban J connectivity index is 1.72. The number of imide groups is 3. The number of hydrogen-bond donors (Lipinski definition) is 1. The number of nitrogen functional groups attached to an aromatic ring is 1. The van der Waals surface area contributed by atoms with Crippen molar-refractivity contribution in [3.63, 3.8) is 0 Å². The number of anilines is 1. The minimum atomic E-state index is -3.92. The van der Waals surface area contributed by atoms with Crippen molar-refractivity contribution in [2.45, 2.75) is 24.2 Å². The number of halogens is 1. The van der Waals surface area contributed by atoms with Gasteiger partial charge < -0.3 is 5.73 Å². The molecule has 0 bridgehead atoms. The second kappa shape index (κ2) is 7.50. The molecule has 2 aliphatic heterocycles. The number of nitrogens with zero attached hydrogens (tertiary/aromatic N) is 2. The van der Waals surface area contributed by atoms with E-state index in [1.54, 1.807) is 0 Å². The van der Waals surface area contributed by atoms with Crippen LogP contribution in [0.4, 0.5) is 5.69 Å². The minimum absolute atomic E-state index is 0.0310. The van der Waals surface area contributed by atoms with Crippen molar-refractivity contribution in [1.82, 2.24) is 9.21 Å². The number of sulfonamides is 1. The highest BCUT2D eigenvalue weighted by Crippen LogP contribution is 2.31. The van der Waals surface area contributed by atoms with Gasteiger partial charge in [0.15, 0.2) is 0 Å². The second-order valence-electron chi connectivity index (χ2n) is 7.13. The van der Waals surface area contributed by atoms with E-state index in [0.29, 0.717) is 18.0 Å². The highest BCUT2D eigenvalue weighted by Gasteiger charge is 2.42. The van der Waals surface area contributed by atoms with Crippen LogP contribution in [0.5, 0.6) is 0 Å². The van der Waals surface area contributed by atoms with Crippen LogP contribution in [0.25, 0.3) is 0 Å². The average Bonchev–Trinajstić information content (AvgIpc) is 2.99. The third-order valence-electron chi connectivity index (χ3n) is 5.26. The topological polar surface area (TPSA) is 118 Å². The summed E-state index contributed by atoms with van der Waals surface area (Å²) in [6.45, 7) is 0.739. The summed E-state index contributed by atoms with van der Waals surface area (Å²) in [4.78, 5) is 38.6. The first-order chi connectivity index (χ1) is 14.2. The monoisotopic (exact) mass is 447 g/mol. The summed E-state index contributed by atoms with van der Waals surface area (Å²) < 4.78 is 27.4. The molecule has 0 saturated carbocycles. The van der Waals surface area contributed by atoms with Gasteiger partial charge in [0.1, 0.15) is 4.90 Å². The molecule has 2 heterocycles. The Hall–Kier alpha value is -2.75. The van der Waals surface area contributed by atoms with E-state index in [9.17, 15) is 22.8 Å². The SMILES string of the molecule is Nc1cccc2c1C(=O)N(C(=O)c1ccc(Cl)c(S(=O)(=O)N3CCCCC3)c1)C2=O. The molecule has 4 rings (SSSR count). The van der Waals surface area contributed by atoms with E-state index >= 15 is 0 Å². The largest absolute Gasteiger partial charge is 0.398 e. The normalized spacial score (nSPS) is 17.3. The van der Waals surface area contributed by atoms with Gasteiger partial charge in [-0.25, -0.2) is 13.3 Å². The van der Waals surface area contributed by atoms with Crippen LogP contribution in [0.1, 0.15) is 50.3 Å². The van der Waals surface area contributed by atoms with Crippen molar-refractivity contribution in [1.29, 1.82) is 0 Å². The summed E-state index contributed by atoms with van der Waals surface area (Å²) in [7, 11) is -3.92. The fourth-order valence-corrected chi connectivity index (χ4v) is 5.72. The molecule has 1 saturated heterocycles. The van der Waals surface area contributed by atoms with Gasteiger partial charge in [0.2, 0.25) is 10.0 Å². The molecule has 3 amide bonds. The second-order valence-corrected chi connectivity index (χ2v) is 9.44. The van der Waals surface area contributed by atoms with Gasteiger partial charge in [-0.05, 0) is 43.2 Å². The Kier molecular flexibility index (Phi) is 5.13. The molecular formula is C20H18ClN3O5S. The van der Waals surface area contributed by atoms with Crippen molar-refractivity contribution < 1.29 is 22.8 Å². The summed E-state index contributed by atoms with van der Waals surface area (Å²) in [5.74, 6) is -2.58. The molecule has 0 aliphatic carbocycles. The Labute approximate surface area is 178 Å². The van der Waals surface area contributed by atoms with Crippen molar-refractivity contribution in [2.24, 2.45) is 0 Å². The van der Waals surface area contributed by atoms with E-state index in [0.717, 1.165) is 25.3 Å². The molecule has 2 aliphatic rings. The maximum atomic E-state index is 13.0. The van der Waals surface area contributed by atoms with Crippen molar-refractivity contribution >= 4 is 45.0 Å². The third-order valence-corrected chi connectivity index (χ3v) is 7.64. The standard InChI is InChI=1S/C20H18ClN3O5S/c21-14-8-7-12(11-16(14)30(28,29)23-9-2-1-3-10-23)18(25)24-19(26)13-5-4-6-15(22)17(13)20(24)27/h4-8,11H,1-3,9-10,22H2. The zero-order valence-electron chi connectivity index (χ0n) is 15.8. The van der Waals surface area contributed by atoms with Gasteiger partial charge in [-0.3, -0.25) is 14.4 Å². The molecule has 2 aromatic carbocycles. The molecule has 156 valence electrons. The van der Waals surface area contributed by atoms with Crippen LogP contribution >= 0.6 is 11.6 Å². The fourth-order valence-electron chi connectivity index (χ4n) is 3.70. The van der Waals surface area contributed by atoms with Crippen LogP contribution in [-0.2, 0) is 10.0 Å². The van der Waals surface area contributed by atoms with Crippen LogP contribution in [0.15, 0.2) is 41.3 Å². The number of carbonyl (C=O) groups excluding carboxylic acids is 3. The van der Waals surface area contributed by atoms with E-state index in [1.165, 1.54) is 34.6 Å². The lowest BCUT2D eigenvalue weighted by Gasteiger charge is -2.26. The zero-order valence-corrected chi connectivity index (χ0v) is 17.4. The quantitative estimate of drug-likeness (QED) is 0.570. The molecular weight excluding hydrogens is 430 g/mol. The van der Waals surface area contributed by atoms with Crippen LogP contribution in [-0.4, -0.2) is 48.4 Å². The number of piperidine rings is 1. The van der Waals surface area contributed by atoms with Gasteiger partial charge in [-0.2, -0.15) is 4.31 Å². The van der Waals surface area contributed by atoms with Gasteiger partial charge in [-0.1, -0.05) is 24.1 Å². The van der Waals surface area contributed by atoms with Gasteiger partial charge in [-0.15, -0.1) is 0 Å². The van der Waals surface area contributed by atoms with E-state index in [-0.39, 0.29) is 32.3 Å². The number of nitrogens with two attached hydrogens (primary N) is 1. The molecule has 0 atom stereocenters. The summed E-state index contributed by atoms with van der Waals surface area (Å²) in [5, 5.41) is -0.0382. The minimum Gasteiger partial charge on any atom is -0.398 e. The van der Waals surface area contributed by atoms with E-state index < -0.39 is 27.7 Å². The van der Waals surface area contributed by atoms with Gasteiger partial charge in [0, 0.05) is 24.3 Å². The summed E-state index contributed by atoms with van der Waals surface area (Å²) in [6.07, 6.45) is 2.43. The summed E-state index contributed by atoms with van der Waals surface area (Å²) in [6, 6.07) is 8.06. The lowest BCUT2D eigenvalue weighted by atomic mass is 10.1. The van der Waals surface area contributed by atoms with Gasteiger partial charge in [0.05, 0.1) is 16.1 Å². The summed E-state index contributed by atoms with van der Waals surface area (Å²) >= 11 is 6.13. The first-order valence-electron chi connectivity index (χ1n) is 9.35. The predicted octanol–water partition coefficient (Wildman–Crippen LogP) is 2.53. The molecule has 30 heavy (non-hydrogen) atoms. The van der Waals surface area contributed by atoms with E-state index in [1.807, 2.05) is 0 Å². The fraction of sp³-hybridized carbons (Fsp3) is 0.250. The number of hydrogen-bond acceptors (Lipinski definition) is 6. The smallest absolute Gasteiger partial charge is 0.270 e. The number of fused-ring (bicyclic) bond motifs is 1. The van der Waals surface area contributed by atoms with Gasteiger partial charge >= 0.3 is 0 Å². The maximum absolute atomic E-state index is 13.0. The first kappa shape index (κ1) is 20.5. The molecule has 0 unspecified atom stereocenters. The summed E-state index contributed by atoms with van der Waals surface area (Å²) in [5.41, 5.74) is 5.74. The molecule has 2 N–H and O–H groups in total. The molecule has 0 spiro atoms. The number of rotatable bonds is 3. The first-order valence-corrected chi connectivity index (χ1v) is 11.2. The Morgan fingerprint density at radius 3 is 2.37 bits per heavy atom. The number of benzene rings is 2. The van der Waals surface area contributed by atoms with Crippen LogP contribution in [0, 0.1) is 0 Å². The van der Waals surface area contributed by atoms with E-state index in [2.05, 4.69) is 0 Å². The van der Waals surface area contributed by atoms with Crippen LogP contribution < -0.4 is 5.73 Å². The maximum Gasteiger partial charge on any atom is 0.270 e.